The van der Waals surface area contributed by atoms with Crippen LogP contribution in [0.25, 0.3) is 0 Å². The van der Waals surface area contributed by atoms with Crippen molar-refractivity contribution in [1.82, 2.24) is 14.6 Å². The molecule has 0 aromatic carbocycles. The lowest BCUT2D eigenvalue weighted by Crippen LogP contribution is -2.33. The molecule has 1 fully saturated rings. The van der Waals surface area contributed by atoms with Crippen molar-refractivity contribution in [2.24, 2.45) is 0 Å². The average Bonchev–Trinajstić information content (AvgIpc) is 2.91. The summed E-state index contributed by atoms with van der Waals surface area (Å²) < 4.78 is 29.5. The summed E-state index contributed by atoms with van der Waals surface area (Å²) >= 11 is 3.76. The third-order valence-electron chi connectivity index (χ3n) is 3.36. The number of sulfonamides is 1. The number of aromatic nitrogens is 1. The predicted molar refractivity (Wildman–Crippen MR) is 91.6 cm³/mol. The van der Waals surface area contributed by atoms with Crippen LogP contribution in [-0.2, 0) is 23.1 Å². The van der Waals surface area contributed by atoms with Crippen molar-refractivity contribution in [3.05, 3.63) is 18.0 Å². The third kappa shape index (κ3) is 4.66. The summed E-state index contributed by atoms with van der Waals surface area (Å²) in [6.07, 6.45) is 1.72. The Morgan fingerprint density at radius 2 is 2.24 bits per heavy atom. The quantitative estimate of drug-likeness (QED) is 0.778. The van der Waals surface area contributed by atoms with Gasteiger partial charge in [0.05, 0.1) is 4.90 Å². The van der Waals surface area contributed by atoms with E-state index in [0.29, 0.717) is 23.2 Å². The second kappa shape index (κ2) is 7.92. The molecule has 2 heterocycles. The smallest absolute Gasteiger partial charge is 0.242 e. The summed E-state index contributed by atoms with van der Waals surface area (Å²) in [6, 6.07) is 1.76. The summed E-state index contributed by atoms with van der Waals surface area (Å²) in [6.45, 7) is 3.96. The molecule has 1 atom stereocenters. The Labute approximate surface area is 135 Å². The van der Waals surface area contributed by atoms with E-state index in [0.717, 1.165) is 23.7 Å². The molecule has 0 aliphatic carbocycles. The molecule has 1 aliphatic heterocycles. The van der Waals surface area contributed by atoms with Crippen LogP contribution in [-0.4, -0.2) is 49.1 Å². The first kappa shape index (κ1) is 17.2. The summed E-state index contributed by atoms with van der Waals surface area (Å²) in [7, 11) is -1.55. The van der Waals surface area contributed by atoms with Gasteiger partial charge in [-0.3, -0.25) is 0 Å². The van der Waals surface area contributed by atoms with Crippen molar-refractivity contribution in [3.8, 4) is 0 Å². The van der Waals surface area contributed by atoms with Crippen LogP contribution in [0.3, 0.4) is 0 Å². The summed E-state index contributed by atoms with van der Waals surface area (Å²) in [5, 5.41) is 3.44. The van der Waals surface area contributed by atoms with Gasteiger partial charge in [0.1, 0.15) is 0 Å². The maximum Gasteiger partial charge on any atom is 0.242 e. The lowest BCUT2D eigenvalue weighted by molar-refractivity contribution is 0.581. The Balaban J connectivity index is 2.04. The van der Waals surface area contributed by atoms with Crippen molar-refractivity contribution >= 4 is 33.5 Å². The highest BCUT2D eigenvalue weighted by atomic mass is 32.2. The van der Waals surface area contributed by atoms with Gasteiger partial charge in [-0.25, -0.2) is 13.1 Å². The summed E-state index contributed by atoms with van der Waals surface area (Å²) in [5.41, 5.74) is 0.989. The zero-order chi connectivity index (χ0) is 15.3. The maximum absolute atomic E-state index is 12.4. The Hall–Kier alpha value is -0.150. The number of nitrogens with one attached hydrogen (secondary N) is 2. The highest BCUT2D eigenvalue weighted by molar-refractivity contribution is 8.06. The molecule has 0 saturated carbocycles. The molecule has 0 bridgehead atoms. The largest absolute Gasteiger partial charge is 0.349 e. The zero-order valence-electron chi connectivity index (χ0n) is 12.5. The molecule has 5 nitrogen and oxygen atoms in total. The van der Waals surface area contributed by atoms with E-state index in [1.165, 1.54) is 5.75 Å². The number of rotatable bonds is 7. The fraction of sp³-hybridized carbons (Fsp3) is 0.692. The molecule has 1 aromatic rings. The fourth-order valence-electron chi connectivity index (χ4n) is 2.24. The molecule has 2 N–H and O–H groups in total. The lowest BCUT2D eigenvalue weighted by Gasteiger charge is -2.20. The van der Waals surface area contributed by atoms with Gasteiger partial charge in [-0.1, -0.05) is 0 Å². The predicted octanol–water partition coefficient (Wildman–Crippen LogP) is 1.35. The number of aryl methyl sites for hydroxylation is 1. The SMILES string of the molecule is CCn1cc(S(=O)(=O)NCC2CSCCS2)cc1CNC. The highest BCUT2D eigenvalue weighted by Crippen LogP contribution is 2.24. The van der Waals surface area contributed by atoms with E-state index in [1.807, 2.05) is 42.1 Å². The maximum atomic E-state index is 12.4. The van der Waals surface area contributed by atoms with Gasteiger partial charge in [0.15, 0.2) is 0 Å². The molecule has 2 rings (SSSR count). The van der Waals surface area contributed by atoms with Gasteiger partial charge >= 0.3 is 0 Å². The van der Waals surface area contributed by atoms with Gasteiger partial charge in [0.25, 0.3) is 0 Å². The number of nitrogens with zero attached hydrogens (tertiary/aromatic N) is 1. The number of hydrogen-bond acceptors (Lipinski definition) is 5. The zero-order valence-corrected chi connectivity index (χ0v) is 14.9. The van der Waals surface area contributed by atoms with Gasteiger partial charge in [-0.05, 0) is 20.0 Å². The first-order chi connectivity index (χ1) is 10.1. The minimum absolute atomic E-state index is 0.364. The normalized spacial score (nSPS) is 19.8. The topological polar surface area (TPSA) is 63.1 Å². The van der Waals surface area contributed by atoms with Crippen LogP contribution < -0.4 is 10.0 Å². The second-order valence-corrected chi connectivity index (χ2v) is 9.23. The van der Waals surface area contributed by atoms with Crippen LogP contribution in [0, 0.1) is 0 Å². The fourth-order valence-corrected chi connectivity index (χ4v) is 6.10. The average molecular weight is 350 g/mol. The molecule has 120 valence electrons. The van der Waals surface area contributed by atoms with Gasteiger partial charge in [0.2, 0.25) is 10.0 Å². The van der Waals surface area contributed by atoms with E-state index >= 15 is 0 Å². The Morgan fingerprint density at radius 3 is 2.86 bits per heavy atom. The Morgan fingerprint density at radius 1 is 1.43 bits per heavy atom. The van der Waals surface area contributed by atoms with Crippen LogP contribution >= 0.6 is 23.5 Å². The minimum Gasteiger partial charge on any atom is -0.349 e. The monoisotopic (exact) mass is 349 g/mol. The van der Waals surface area contributed by atoms with Crippen LogP contribution in [0.5, 0.6) is 0 Å². The third-order valence-corrected chi connectivity index (χ3v) is 7.59. The van der Waals surface area contributed by atoms with Crippen LogP contribution in [0.15, 0.2) is 17.2 Å². The van der Waals surface area contributed by atoms with Gasteiger partial charge in [-0.15, -0.1) is 0 Å². The first-order valence-electron chi connectivity index (χ1n) is 7.09. The molecule has 0 amide bonds. The second-order valence-electron chi connectivity index (χ2n) is 4.90. The minimum atomic E-state index is -3.41. The molecule has 0 radical (unpaired) electrons. The molecule has 1 aromatic heterocycles. The van der Waals surface area contributed by atoms with Crippen LogP contribution in [0.4, 0.5) is 0 Å². The highest BCUT2D eigenvalue weighted by Gasteiger charge is 2.21. The van der Waals surface area contributed by atoms with Gasteiger partial charge in [0, 0.05) is 54.0 Å². The Bertz CT molecular complexity index is 551. The van der Waals surface area contributed by atoms with Gasteiger partial charge in [-0.2, -0.15) is 23.5 Å². The lowest BCUT2D eigenvalue weighted by atomic mass is 10.4. The van der Waals surface area contributed by atoms with Crippen molar-refractivity contribution in [2.75, 3.05) is 30.9 Å². The molecule has 1 unspecified atom stereocenters. The van der Waals surface area contributed by atoms with E-state index < -0.39 is 10.0 Å². The first-order valence-corrected chi connectivity index (χ1v) is 10.8. The molecule has 1 saturated heterocycles. The Kier molecular flexibility index (Phi) is 6.49. The van der Waals surface area contributed by atoms with E-state index in [2.05, 4.69) is 10.0 Å². The van der Waals surface area contributed by atoms with Crippen LogP contribution in [0.1, 0.15) is 12.6 Å². The number of thioether (sulfide) groups is 2. The van der Waals surface area contributed by atoms with Gasteiger partial charge < -0.3 is 9.88 Å². The number of hydrogen-bond donors (Lipinski definition) is 2. The van der Waals surface area contributed by atoms with E-state index in [-0.39, 0.29) is 0 Å². The molecule has 8 heteroatoms. The molecule has 1 aliphatic rings. The molecule has 21 heavy (non-hydrogen) atoms. The standard InChI is InChI=1S/C13H23N3O2S3/c1-3-16-9-13(6-11(16)7-14-2)21(17,18)15-8-12-10-19-4-5-20-12/h6,9,12,14-15H,3-5,7-8,10H2,1-2H3. The summed E-state index contributed by atoms with van der Waals surface area (Å²) in [4.78, 5) is 0.364. The van der Waals surface area contributed by atoms with E-state index in [1.54, 1.807) is 12.3 Å². The van der Waals surface area contributed by atoms with Crippen molar-refractivity contribution in [2.45, 2.75) is 30.2 Å². The van der Waals surface area contributed by atoms with E-state index in [9.17, 15) is 8.42 Å². The molecular weight excluding hydrogens is 326 g/mol. The van der Waals surface area contributed by atoms with Crippen molar-refractivity contribution in [1.29, 1.82) is 0 Å². The van der Waals surface area contributed by atoms with Crippen LogP contribution in [0.2, 0.25) is 0 Å². The molecular formula is C13H23N3O2S3. The van der Waals surface area contributed by atoms with Crippen molar-refractivity contribution < 1.29 is 8.42 Å². The molecule has 0 spiro atoms. The van der Waals surface area contributed by atoms with Crippen molar-refractivity contribution in [3.63, 3.8) is 0 Å². The van der Waals surface area contributed by atoms with E-state index in [4.69, 9.17) is 0 Å². The summed E-state index contributed by atoms with van der Waals surface area (Å²) in [5.74, 6) is 3.30.